The van der Waals surface area contributed by atoms with Gasteiger partial charge in [-0.25, -0.2) is 10.5 Å². The number of nitrogens with one attached hydrogen (secondary N) is 3. The predicted molar refractivity (Wildman–Crippen MR) is 117 cm³/mol. The summed E-state index contributed by atoms with van der Waals surface area (Å²) in [4.78, 5) is 16.3. The van der Waals surface area contributed by atoms with Crippen molar-refractivity contribution >= 4 is 40.1 Å². The quantitative estimate of drug-likeness (QED) is 0.313. The van der Waals surface area contributed by atoms with E-state index in [0.717, 1.165) is 24.1 Å². The molecule has 0 bridgehead atoms. The number of carbonyl (C=O) groups is 1. The Balaban J connectivity index is 1.31. The van der Waals surface area contributed by atoms with Gasteiger partial charge in [0.05, 0.1) is 11.5 Å². The highest BCUT2D eigenvalue weighted by atomic mass is 32.2. The normalized spacial score (nSPS) is 15.0. The van der Waals surface area contributed by atoms with Crippen LogP contribution in [-0.2, 0) is 4.79 Å². The van der Waals surface area contributed by atoms with Gasteiger partial charge in [-0.05, 0) is 42.2 Å². The van der Waals surface area contributed by atoms with Crippen LogP contribution in [0.4, 0.5) is 5.95 Å². The number of fused-ring (bicyclic) bond motifs is 1. The molecule has 1 fully saturated rings. The topological polar surface area (TPSA) is 95.1 Å². The fraction of sp³-hybridized carbons (Fsp3) is 0.333. The summed E-state index contributed by atoms with van der Waals surface area (Å²) in [5, 5.41) is 17.3. The molecule has 3 N–H and O–H groups in total. The molecule has 3 aromatic rings. The summed E-state index contributed by atoms with van der Waals surface area (Å²) in [5.74, 6) is 0.794. The maximum Gasteiger partial charge on any atom is 0.240 e. The molecule has 0 unspecified atom stereocenters. The lowest BCUT2D eigenvalue weighted by Gasteiger charge is -2.10. The van der Waals surface area contributed by atoms with E-state index in [1.807, 2.05) is 25.1 Å². The number of H-pyrrole nitrogens is 1. The molecule has 4 rings (SSSR count). The monoisotopic (exact) mass is 408 g/mol. The second-order valence-electron chi connectivity index (χ2n) is 7.18. The van der Waals surface area contributed by atoms with Gasteiger partial charge in [0.15, 0.2) is 0 Å². The van der Waals surface area contributed by atoms with Gasteiger partial charge in [0, 0.05) is 6.04 Å². The van der Waals surface area contributed by atoms with Crippen LogP contribution in [-0.4, -0.2) is 38.6 Å². The van der Waals surface area contributed by atoms with Crippen LogP contribution < -0.4 is 10.7 Å². The largest absolute Gasteiger partial charge is 0.353 e. The Hall–Kier alpha value is -2.87. The van der Waals surface area contributed by atoms with Gasteiger partial charge in [0.1, 0.15) is 0 Å². The highest BCUT2D eigenvalue weighted by Crippen LogP contribution is 2.19. The summed E-state index contributed by atoms with van der Waals surface area (Å²) in [7, 11) is 0. The number of anilines is 1. The van der Waals surface area contributed by atoms with Gasteiger partial charge in [-0.3, -0.25) is 4.79 Å². The van der Waals surface area contributed by atoms with Crippen LogP contribution in [0.5, 0.6) is 0 Å². The maximum absolute atomic E-state index is 12.0. The number of hydrogen-bond acceptors (Lipinski definition) is 6. The molecule has 8 heteroatoms. The molecule has 0 spiro atoms. The zero-order chi connectivity index (χ0) is 20.1. The highest BCUT2D eigenvalue weighted by molar-refractivity contribution is 7.99. The van der Waals surface area contributed by atoms with Crippen molar-refractivity contribution in [3.63, 3.8) is 0 Å². The summed E-state index contributed by atoms with van der Waals surface area (Å²) >= 11 is 1.31. The fourth-order valence-corrected chi connectivity index (χ4v) is 4.06. The SMILES string of the molecule is C/C(=N\Nc1nc(SCC(=O)NC2CCCC2)n[nH]1)c1ccc2ccccc2c1. The second-order valence-corrected chi connectivity index (χ2v) is 8.12. The molecule has 0 radical (unpaired) electrons. The minimum absolute atomic E-state index is 0.0337. The Morgan fingerprint density at radius 2 is 2.00 bits per heavy atom. The Bertz CT molecular complexity index is 1020. The zero-order valence-electron chi connectivity index (χ0n) is 16.3. The van der Waals surface area contributed by atoms with Crippen molar-refractivity contribution < 1.29 is 4.79 Å². The van der Waals surface area contributed by atoms with E-state index < -0.39 is 0 Å². The van der Waals surface area contributed by atoms with Crippen LogP contribution in [0.15, 0.2) is 52.7 Å². The summed E-state index contributed by atoms with van der Waals surface area (Å²) in [6.45, 7) is 1.94. The fourth-order valence-electron chi connectivity index (χ4n) is 3.45. The molecule has 1 aliphatic rings. The molecule has 1 aliphatic carbocycles. The zero-order valence-corrected chi connectivity index (χ0v) is 17.1. The Morgan fingerprint density at radius 3 is 2.83 bits per heavy atom. The number of hydrazone groups is 1. The third-order valence-electron chi connectivity index (χ3n) is 5.01. The Kier molecular flexibility index (Phi) is 6.09. The number of rotatable bonds is 7. The first-order valence-corrected chi connectivity index (χ1v) is 10.8. The number of amides is 1. The molecule has 1 aromatic heterocycles. The second kappa shape index (κ2) is 9.09. The molecule has 1 saturated carbocycles. The molecule has 2 aromatic carbocycles. The van der Waals surface area contributed by atoms with Crippen molar-refractivity contribution in [2.75, 3.05) is 11.2 Å². The number of hydrogen-bond donors (Lipinski definition) is 3. The highest BCUT2D eigenvalue weighted by Gasteiger charge is 2.17. The lowest BCUT2D eigenvalue weighted by molar-refractivity contribution is -0.119. The van der Waals surface area contributed by atoms with E-state index in [2.05, 4.69) is 55.3 Å². The number of benzene rings is 2. The number of aromatic nitrogens is 3. The predicted octanol–water partition coefficient (Wildman–Crippen LogP) is 3.94. The van der Waals surface area contributed by atoms with E-state index in [1.165, 1.54) is 35.4 Å². The lowest BCUT2D eigenvalue weighted by atomic mass is 10.0. The van der Waals surface area contributed by atoms with Crippen molar-refractivity contribution in [3.8, 4) is 0 Å². The van der Waals surface area contributed by atoms with Gasteiger partial charge in [0.25, 0.3) is 0 Å². The minimum Gasteiger partial charge on any atom is -0.353 e. The maximum atomic E-state index is 12.0. The minimum atomic E-state index is 0.0337. The van der Waals surface area contributed by atoms with E-state index in [-0.39, 0.29) is 5.91 Å². The molecule has 7 nitrogen and oxygen atoms in total. The van der Waals surface area contributed by atoms with Crippen molar-refractivity contribution in [1.82, 2.24) is 20.5 Å². The first kappa shape index (κ1) is 19.4. The molecule has 0 atom stereocenters. The van der Waals surface area contributed by atoms with Gasteiger partial charge in [0.2, 0.25) is 17.0 Å². The average Bonchev–Trinajstić information content (AvgIpc) is 3.42. The van der Waals surface area contributed by atoms with E-state index in [1.54, 1.807) is 0 Å². The molecule has 1 amide bonds. The van der Waals surface area contributed by atoms with Gasteiger partial charge in [-0.1, -0.05) is 61.0 Å². The third-order valence-corrected chi connectivity index (χ3v) is 5.86. The summed E-state index contributed by atoms with van der Waals surface area (Å²) < 4.78 is 0. The van der Waals surface area contributed by atoms with Gasteiger partial charge in [-0.2, -0.15) is 10.1 Å². The van der Waals surface area contributed by atoms with Crippen LogP contribution in [0.25, 0.3) is 10.8 Å². The van der Waals surface area contributed by atoms with E-state index >= 15 is 0 Å². The van der Waals surface area contributed by atoms with Gasteiger partial charge < -0.3 is 5.32 Å². The Morgan fingerprint density at radius 1 is 1.21 bits per heavy atom. The van der Waals surface area contributed by atoms with Crippen LogP contribution >= 0.6 is 11.8 Å². The van der Waals surface area contributed by atoms with Gasteiger partial charge >= 0.3 is 0 Å². The summed E-state index contributed by atoms with van der Waals surface area (Å²) in [5.41, 5.74) is 4.78. The van der Waals surface area contributed by atoms with Crippen molar-refractivity contribution in [1.29, 1.82) is 0 Å². The summed E-state index contributed by atoms with van der Waals surface area (Å²) in [6.07, 6.45) is 4.57. The Labute approximate surface area is 173 Å². The van der Waals surface area contributed by atoms with Crippen LogP contribution in [0.2, 0.25) is 0 Å². The van der Waals surface area contributed by atoms with Crippen molar-refractivity contribution in [3.05, 3.63) is 48.0 Å². The molecule has 150 valence electrons. The van der Waals surface area contributed by atoms with E-state index in [4.69, 9.17) is 0 Å². The molecule has 29 heavy (non-hydrogen) atoms. The number of carbonyl (C=O) groups excluding carboxylic acids is 1. The molecular formula is C21H24N6OS. The van der Waals surface area contributed by atoms with Crippen molar-refractivity contribution in [2.24, 2.45) is 5.10 Å². The van der Waals surface area contributed by atoms with E-state index in [9.17, 15) is 4.79 Å². The molecule has 1 heterocycles. The molecular weight excluding hydrogens is 384 g/mol. The third kappa shape index (κ3) is 5.14. The summed E-state index contributed by atoms with van der Waals surface area (Å²) in [6, 6.07) is 14.8. The van der Waals surface area contributed by atoms with Crippen LogP contribution in [0.3, 0.4) is 0 Å². The molecule has 0 aliphatic heterocycles. The smallest absolute Gasteiger partial charge is 0.240 e. The standard InChI is InChI=1S/C21H24N6OS/c1-14(16-11-10-15-6-2-3-7-17(15)12-16)24-25-20-23-21(27-26-20)29-13-19(28)22-18-8-4-5-9-18/h2-3,6-7,10-12,18H,4-5,8-9,13H2,1H3,(H,22,28)(H2,23,25,26,27)/b24-14+. The molecule has 0 saturated heterocycles. The van der Waals surface area contributed by atoms with E-state index in [0.29, 0.717) is 22.9 Å². The number of nitrogens with zero attached hydrogens (tertiary/aromatic N) is 3. The number of aromatic amines is 1. The van der Waals surface area contributed by atoms with Gasteiger partial charge in [-0.15, -0.1) is 5.10 Å². The van der Waals surface area contributed by atoms with Crippen LogP contribution in [0, 0.1) is 0 Å². The first-order valence-electron chi connectivity index (χ1n) is 9.81. The first-order chi connectivity index (χ1) is 14.2. The van der Waals surface area contributed by atoms with Crippen molar-refractivity contribution in [2.45, 2.75) is 43.8 Å². The van der Waals surface area contributed by atoms with Crippen LogP contribution in [0.1, 0.15) is 38.2 Å². The lowest BCUT2D eigenvalue weighted by Crippen LogP contribution is -2.33. The number of thioether (sulfide) groups is 1. The average molecular weight is 409 g/mol.